The number of rotatable bonds is 3. The highest BCUT2D eigenvalue weighted by Crippen LogP contribution is 2.34. The van der Waals surface area contributed by atoms with Crippen LogP contribution in [0.1, 0.15) is 43.5 Å². The summed E-state index contributed by atoms with van der Waals surface area (Å²) in [5.41, 5.74) is 10.0. The summed E-state index contributed by atoms with van der Waals surface area (Å²) in [5, 5.41) is 0. The summed E-state index contributed by atoms with van der Waals surface area (Å²) in [5.74, 6) is 0.837. The van der Waals surface area contributed by atoms with Gasteiger partial charge in [-0.3, -0.25) is 0 Å². The minimum absolute atomic E-state index is 0.0657. The molecule has 0 bridgehead atoms. The van der Waals surface area contributed by atoms with Gasteiger partial charge in [0.25, 0.3) is 0 Å². The molecule has 1 unspecified atom stereocenters. The van der Waals surface area contributed by atoms with Crippen LogP contribution in [0.5, 0.6) is 5.75 Å². The standard InChI is InChI=1S/C18H23NO/c1-18(2,3)15-11-7-5-9-13(15)17(19)14-10-6-8-12-16(14)20-4/h5-12,17H,19H2,1-4H3. The molecule has 0 spiro atoms. The smallest absolute Gasteiger partial charge is 0.123 e. The third-order valence-electron chi connectivity index (χ3n) is 3.58. The highest BCUT2D eigenvalue weighted by Gasteiger charge is 2.22. The Labute approximate surface area is 121 Å². The lowest BCUT2D eigenvalue weighted by molar-refractivity contribution is 0.407. The van der Waals surface area contributed by atoms with Gasteiger partial charge in [0.2, 0.25) is 0 Å². The lowest BCUT2D eigenvalue weighted by Crippen LogP contribution is -2.21. The molecule has 106 valence electrons. The Morgan fingerprint density at radius 3 is 2.05 bits per heavy atom. The van der Waals surface area contributed by atoms with Gasteiger partial charge in [-0.15, -0.1) is 0 Å². The van der Waals surface area contributed by atoms with Gasteiger partial charge in [0.15, 0.2) is 0 Å². The van der Waals surface area contributed by atoms with Gasteiger partial charge < -0.3 is 10.5 Å². The first-order valence-corrected chi connectivity index (χ1v) is 6.93. The molecule has 0 aliphatic heterocycles. The van der Waals surface area contributed by atoms with E-state index >= 15 is 0 Å². The van der Waals surface area contributed by atoms with Crippen molar-refractivity contribution in [2.45, 2.75) is 32.2 Å². The monoisotopic (exact) mass is 269 g/mol. The van der Waals surface area contributed by atoms with E-state index in [1.807, 2.05) is 30.3 Å². The van der Waals surface area contributed by atoms with Crippen molar-refractivity contribution in [3.8, 4) is 5.75 Å². The van der Waals surface area contributed by atoms with Crippen LogP contribution in [0.25, 0.3) is 0 Å². The van der Waals surface area contributed by atoms with E-state index < -0.39 is 0 Å². The van der Waals surface area contributed by atoms with Crippen LogP contribution in [0.2, 0.25) is 0 Å². The summed E-state index contributed by atoms with van der Waals surface area (Å²) in [6, 6.07) is 16.1. The third kappa shape index (κ3) is 2.86. The zero-order valence-electron chi connectivity index (χ0n) is 12.7. The average molecular weight is 269 g/mol. The first-order chi connectivity index (χ1) is 9.45. The van der Waals surface area contributed by atoms with Gasteiger partial charge in [0.1, 0.15) is 5.75 Å². The molecule has 0 aliphatic rings. The van der Waals surface area contributed by atoms with Gasteiger partial charge in [-0.05, 0) is 22.6 Å². The van der Waals surface area contributed by atoms with E-state index in [0.29, 0.717) is 0 Å². The summed E-state index contributed by atoms with van der Waals surface area (Å²) < 4.78 is 5.43. The van der Waals surface area contributed by atoms with Crippen molar-refractivity contribution in [3.05, 3.63) is 65.2 Å². The van der Waals surface area contributed by atoms with Gasteiger partial charge >= 0.3 is 0 Å². The van der Waals surface area contributed by atoms with Crippen molar-refractivity contribution in [2.24, 2.45) is 5.73 Å². The van der Waals surface area contributed by atoms with Crippen molar-refractivity contribution < 1.29 is 4.74 Å². The van der Waals surface area contributed by atoms with Gasteiger partial charge in [0.05, 0.1) is 13.2 Å². The SMILES string of the molecule is COc1ccccc1C(N)c1ccccc1C(C)(C)C. The summed E-state index contributed by atoms with van der Waals surface area (Å²) in [4.78, 5) is 0. The Kier molecular flexibility index (Phi) is 4.15. The second-order valence-electron chi connectivity index (χ2n) is 6.06. The summed E-state index contributed by atoms with van der Waals surface area (Å²) in [6.45, 7) is 6.63. The number of ether oxygens (including phenoxy) is 1. The lowest BCUT2D eigenvalue weighted by Gasteiger charge is -2.26. The van der Waals surface area contributed by atoms with Crippen molar-refractivity contribution in [2.75, 3.05) is 7.11 Å². The fourth-order valence-electron chi connectivity index (χ4n) is 2.54. The molecule has 2 aromatic carbocycles. The molecule has 2 nitrogen and oxygen atoms in total. The quantitative estimate of drug-likeness (QED) is 0.912. The van der Waals surface area contributed by atoms with E-state index in [1.54, 1.807) is 7.11 Å². The average Bonchev–Trinajstić information content (AvgIpc) is 2.45. The van der Waals surface area contributed by atoms with Crippen LogP contribution < -0.4 is 10.5 Å². The molecule has 0 fully saturated rings. The Morgan fingerprint density at radius 2 is 1.45 bits per heavy atom. The zero-order valence-corrected chi connectivity index (χ0v) is 12.7. The van der Waals surface area contributed by atoms with Crippen LogP contribution in [0.15, 0.2) is 48.5 Å². The third-order valence-corrected chi connectivity index (χ3v) is 3.58. The molecule has 0 amide bonds. The summed E-state index contributed by atoms with van der Waals surface area (Å²) in [6.07, 6.45) is 0. The Hall–Kier alpha value is -1.80. The van der Waals surface area contributed by atoms with Crippen LogP contribution in [-0.4, -0.2) is 7.11 Å². The molecule has 0 radical (unpaired) electrons. The van der Waals surface area contributed by atoms with E-state index in [0.717, 1.165) is 16.9 Å². The molecular formula is C18H23NO. The number of hydrogen-bond donors (Lipinski definition) is 1. The van der Waals surface area contributed by atoms with Gasteiger partial charge in [-0.2, -0.15) is 0 Å². The number of para-hydroxylation sites is 1. The second kappa shape index (κ2) is 5.68. The van der Waals surface area contributed by atoms with Crippen molar-refractivity contribution in [1.29, 1.82) is 0 Å². The van der Waals surface area contributed by atoms with Crippen LogP contribution in [0, 0.1) is 0 Å². The highest BCUT2D eigenvalue weighted by molar-refractivity contribution is 5.45. The maximum atomic E-state index is 6.51. The Balaban J connectivity index is 2.52. The first-order valence-electron chi connectivity index (χ1n) is 6.93. The predicted molar refractivity (Wildman–Crippen MR) is 84.2 cm³/mol. The van der Waals surface area contributed by atoms with Crippen LogP contribution >= 0.6 is 0 Å². The minimum atomic E-state index is -0.179. The van der Waals surface area contributed by atoms with E-state index in [-0.39, 0.29) is 11.5 Å². The van der Waals surface area contributed by atoms with E-state index in [2.05, 4.69) is 39.0 Å². The minimum Gasteiger partial charge on any atom is -0.496 e. The molecule has 0 heterocycles. The largest absolute Gasteiger partial charge is 0.496 e. The molecule has 1 atom stereocenters. The summed E-state index contributed by atoms with van der Waals surface area (Å²) in [7, 11) is 1.68. The number of nitrogens with two attached hydrogens (primary N) is 1. The Bertz CT molecular complexity index is 584. The van der Waals surface area contributed by atoms with Crippen molar-refractivity contribution >= 4 is 0 Å². The van der Waals surface area contributed by atoms with E-state index in [9.17, 15) is 0 Å². The van der Waals surface area contributed by atoms with Gasteiger partial charge in [-0.25, -0.2) is 0 Å². The molecule has 20 heavy (non-hydrogen) atoms. The molecule has 2 heteroatoms. The van der Waals surface area contributed by atoms with Crippen molar-refractivity contribution in [1.82, 2.24) is 0 Å². The predicted octanol–water partition coefficient (Wildman–Crippen LogP) is 4.04. The lowest BCUT2D eigenvalue weighted by atomic mass is 9.80. The fourth-order valence-corrected chi connectivity index (χ4v) is 2.54. The molecule has 2 aromatic rings. The maximum absolute atomic E-state index is 6.51. The van der Waals surface area contributed by atoms with E-state index in [4.69, 9.17) is 10.5 Å². The molecule has 0 saturated carbocycles. The normalized spacial score (nSPS) is 13.1. The van der Waals surface area contributed by atoms with E-state index in [1.165, 1.54) is 5.56 Å². The molecular weight excluding hydrogens is 246 g/mol. The Morgan fingerprint density at radius 1 is 0.900 bits per heavy atom. The molecule has 0 aromatic heterocycles. The van der Waals surface area contributed by atoms with Crippen LogP contribution in [0.4, 0.5) is 0 Å². The zero-order chi connectivity index (χ0) is 14.8. The van der Waals surface area contributed by atoms with Gasteiger partial charge in [-0.1, -0.05) is 63.2 Å². The fraction of sp³-hybridized carbons (Fsp3) is 0.333. The molecule has 2 N–H and O–H groups in total. The van der Waals surface area contributed by atoms with Crippen LogP contribution in [-0.2, 0) is 5.41 Å². The maximum Gasteiger partial charge on any atom is 0.123 e. The highest BCUT2D eigenvalue weighted by atomic mass is 16.5. The topological polar surface area (TPSA) is 35.2 Å². The number of hydrogen-bond acceptors (Lipinski definition) is 2. The molecule has 2 rings (SSSR count). The van der Waals surface area contributed by atoms with Crippen LogP contribution in [0.3, 0.4) is 0 Å². The summed E-state index contributed by atoms with van der Waals surface area (Å²) >= 11 is 0. The van der Waals surface area contributed by atoms with Crippen molar-refractivity contribution in [3.63, 3.8) is 0 Å². The number of methoxy groups -OCH3 is 1. The van der Waals surface area contributed by atoms with Gasteiger partial charge in [0, 0.05) is 5.56 Å². The molecule has 0 saturated heterocycles. The number of benzene rings is 2. The first kappa shape index (κ1) is 14.6. The molecule has 0 aliphatic carbocycles. The second-order valence-corrected chi connectivity index (χ2v) is 6.06.